The van der Waals surface area contributed by atoms with Gasteiger partial charge in [-0.3, -0.25) is 14.5 Å². The van der Waals surface area contributed by atoms with Crippen molar-refractivity contribution in [1.29, 1.82) is 0 Å². The highest BCUT2D eigenvalue weighted by atomic mass is 19.1. The van der Waals surface area contributed by atoms with Crippen LogP contribution in [0.5, 0.6) is 0 Å². The van der Waals surface area contributed by atoms with Gasteiger partial charge in [-0.1, -0.05) is 6.07 Å². The maximum atomic E-state index is 14.1. The van der Waals surface area contributed by atoms with Crippen LogP contribution in [0.3, 0.4) is 0 Å². The molecule has 2 fully saturated rings. The van der Waals surface area contributed by atoms with Gasteiger partial charge in [0.1, 0.15) is 11.5 Å². The number of aromatic nitrogens is 1. The molecule has 1 aromatic carbocycles. The Labute approximate surface area is 176 Å². The van der Waals surface area contributed by atoms with Gasteiger partial charge in [-0.25, -0.2) is 4.39 Å². The van der Waals surface area contributed by atoms with Crippen LogP contribution in [0.25, 0.3) is 10.9 Å². The minimum Gasteiger partial charge on any atom is -0.350 e. The van der Waals surface area contributed by atoms with E-state index in [4.69, 9.17) is 0 Å². The van der Waals surface area contributed by atoms with E-state index in [2.05, 4.69) is 15.2 Å². The van der Waals surface area contributed by atoms with Crippen LogP contribution in [-0.2, 0) is 4.79 Å². The van der Waals surface area contributed by atoms with Crippen molar-refractivity contribution in [1.82, 2.24) is 20.1 Å². The molecule has 2 atom stereocenters. The van der Waals surface area contributed by atoms with Gasteiger partial charge in [-0.2, -0.15) is 0 Å². The summed E-state index contributed by atoms with van der Waals surface area (Å²) in [5.74, 6) is -0.339. The van der Waals surface area contributed by atoms with Crippen LogP contribution in [0, 0.1) is 12.7 Å². The zero-order valence-corrected chi connectivity index (χ0v) is 17.8. The predicted molar refractivity (Wildman–Crippen MR) is 115 cm³/mol. The fourth-order valence-electron chi connectivity index (χ4n) is 4.95. The predicted octanol–water partition coefficient (Wildman–Crippen LogP) is 3.21. The van der Waals surface area contributed by atoms with Gasteiger partial charge < -0.3 is 15.2 Å². The number of amides is 2. The van der Waals surface area contributed by atoms with Crippen LogP contribution >= 0.6 is 0 Å². The zero-order chi connectivity index (χ0) is 21.3. The van der Waals surface area contributed by atoms with Crippen molar-refractivity contribution in [2.24, 2.45) is 0 Å². The van der Waals surface area contributed by atoms with Crippen LogP contribution in [0.2, 0.25) is 0 Å². The average molecular weight is 415 g/mol. The number of aromatic amines is 1. The minimum atomic E-state index is -0.315. The molecule has 0 radical (unpaired) electrons. The molecule has 1 aliphatic heterocycles. The van der Waals surface area contributed by atoms with Crippen LogP contribution in [0.15, 0.2) is 18.2 Å². The largest absolute Gasteiger partial charge is 0.350 e. The van der Waals surface area contributed by atoms with Crippen molar-refractivity contribution in [2.75, 3.05) is 26.2 Å². The van der Waals surface area contributed by atoms with E-state index in [1.807, 2.05) is 11.8 Å². The fourth-order valence-corrected chi connectivity index (χ4v) is 4.95. The highest BCUT2D eigenvalue weighted by Gasteiger charge is 2.29. The molecule has 1 aliphatic carbocycles. The quantitative estimate of drug-likeness (QED) is 0.810. The van der Waals surface area contributed by atoms with Gasteiger partial charge in [0.2, 0.25) is 5.91 Å². The smallest absolute Gasteiger partial charge is 0.267 e. The Morgan fingerprint density at radius 2 is 1.97 bits per heavy atom. The molecule has 2 amide bonds. The summed E-state index contributed by atoms with van der Waals surface area (Å²) in [6.07, 6.45) is 5.07. The van der Waals surface area contributed by atoms with Crippen molar-refractivity contribution < 1.29 is 14.0 Å². The van der Waals surface area contributed by atoms with Gasteiger partial charge in [0, 0.05) is 50.6 Å². The Balaban J connectivity index is 1.39. The van der Waals surface area contributed by atoms with Crippen molar-refractivity contribution in [3.05, 3.63) is 35.3 Å². The molecule has 4 rings (SSSR count). The van der Waals surface area contributed by atoms with E-state index in [9.17, 15) is 14.0 Å². The Hall–Kier alpha value is -2.41. The Kier molecular flexibility index (Phi) is 6.09. The summed E-state index contributed by atoms with van der Waals surface area (Å²) in [4.78, 5) is 32.0. The number of nitrogens with one attached hydrogen (secondary N) is 2. The minimum absolute atomic E-state index is 0.112. The van der Waals surface area contributed by atoms with Crippen LogP contribution < -0.4 is 5.32 Å². The topological polar surface area (TPSA) is 68.4 Å². The summed E-state index contributed by atoms with van der Waals surface area (Å²) >= 11 is 0. The second kappa shape index (κ2) is 8.76. The lowest BCUT2D eigenvalue weighted by Crippen LogP contribution is -2.47. The van der Waals surface area contributed by atoms with E-state index < -0.39 is 0 Å². The second-order valence-electron chi connectivity index (χ2n) is 8.72. The number of hydrogen-bond acceptors (Lipinski definition) is 3. The maximum Gasteiger partial charge on any atom is 0.267 e. The van der Waals surface area contributed by atoms with Gasteiger partial charge in [0.25, 0.3) is 5.91 Å². The van der Waals surface area contributed by atoms with Crippen LogP contribution in [0.4, 0.5) is 4.39 Å². The lowest BCUT2D eigenvalue weighted by molar-refractivity contribution is -0.128. The molecule has 2 aromatic rings. The number of carbonyl (C=O) groups is 2. The molecule has 0 unspecified atom stereocenters. The molecule has 1 saturated carbocycles. The lowest BCUT2D eigenvalue weighted by atomic mass is 9.89. The summed E-state index contributed by atoms with van der Waals surface area (Å²) in [6.45, 7) is 7.04. The van der Waals surface area contributed by atoms with E-state index in [0.29, 0.717) is 22.6 Å². The number of benzene rings is 1. The molecule has 2 N–H and O–H groups in total. The number of hydrogen-bond donors (Lipinski definition) is 2. The first-order chi connectivity index (χ1) is 14.4. The van der Waals surface area contributed by atoms with Crippen molar-refractivity contribution in [2.45, 2.75) is 58.0 Å². The SMILES string of the molecule is CC(=O)N1CCCN([C@H]2CCC[C@@H](NC(=O)c3cc4c(F)ccc(C)c4[nH]3)C2)CC1. The van der Waals surface area contributed by atoms with Crippen LogP contribution in [-0.4, -0.2) is 64.9 Å². The molecule has 30 heavy (non-hydrogen) atoms. The van der Waals surface area contributed by atoms with Crippen molar-refractivity contribution >= 4 is 22.7 Å². The number of aryl methyl sites for hydroxylation is 1. The highest BCUT2D eigenvalue weighted by Crippen LogP contribution is 2.26. The maximum absolute atomic E-state index is 14.1. The summed E-state index contributed by atoms with van der Waals surface area (Å²) in [6, 6.07) is 5.31. The number of fused-ring (bicyclic) bond motifs is 1. The Morgan fingerprint density at radius 1 is 1.13 bits per heavy atom. The summed E-state index contributed by atoms with van der Waals surface area (Å²) in [7, 11) is 0. The molecule has 0 bridgehead atoms. The van der Waals surface area contributed by atoms with Gasteiger partial charge in [-0.15, -0.1) is 0 Å². The summed E-state index contributed by atoms with van der Waals surface area (Å²) in [5.41, 5.74) is 2.01. The molecule has 2 heterocycles. The number of H-pyrrole nitrogens is 1. The number of halogens is 1. The average Bonchev–Trinajstić information content (AvgIpc) is 3.04. The first-order valence-electron chi connectivity index (χ1n) is 11.0. The van der Waals surface area contributed by atoms with Gasteiger partial charge >= 0.3 is 0 Å². The Bertz CT molecular complexity index is 902. The summed E-state index contributed by atoms with van der Waals surface area (Å²) < 4.78 is 14.1. The second-order valence-corrected chi connectivity index (χ2v) is 8.72. The zero-order valence-electron chi connectivity index (χ0n) is 17.8. The molecule has 7 heteroatoms. The normalized spacial score (nSPS) is 23.4. The number of rotatable bonds is 3. The number of carbonyl (C=O) groups excluding carboxylic acids is 2. The van der Waals surface area contributed by atoms with E-state index in [1.54, 1.807) is 19.1 Å². The lowest BCUT2D eigenvalue weighted by Gasteiger charge is -2.37. The van der Waals surface area contributed by atoms with E-state index in [0.717, 1.165) is 63.8 Å². The molecule has 162 valence electrons. The molecule has 1 aromatic heterocycles. The third-order valence-corrected chi connectivity index (χ3v) is 6.67. The number of nitrogens with zero attached hydrogens (tertiary/aromatic N) is 2. The van der Waals surface area contributed by atoms with E-state index in [1.165, 1.54) is 6.07 Å². The van der Waals surface area contributed by atoms with E-state index in [-0.39, 0.29) is 23.7 Å². The molecular weight excluding hydrogens is 383 g/mol. The van der Waals surface area contributed by atoms with E-state index >= 15 is 0 Å². The third-order valence-electron chi connectivity index (χ3n) is 6.67. The van der Waals surface area contributed by atoms with Crippen molar-refractivity contribution in [3.8, 4) is 0 Å². The first-order valence-corrected chi connectivity index (χ1v) is 11.0. The summed E-state index contributed by atoms with van der Waals surface area (Å²) in [5, 5.41) is 3.62. The fraction of sp³-hybridized carbons (Fsp3) is 0.565. The Morgan fingerprint density at radius 3 is 2.73 bits per heavy atom. The van der Waals surface area contributed by atoms with Crippen LogP contribution in [0.1, 0.15) is 55.1 Å². The molecule has 1 saturated heterocycles. The van der Waals surface area contributed by atoms with Gasteiger partial charge in [0.05, 0.1) is 5.52 Å². The monoisotopic (exact) mass is 414 g/mol. The first kappa shape index (κ1) is 20.8. The van der Waals surface area contributed by atoms with Gasteiger partial charge in [-0.05, 0) is 56.7 Å². The van der Waals surface area contributed by atoms with Crippen molar-refractivity contribution in [3.63, 3.8) is 0 Å². The molecular formula is C23H31FN4O2. The standard InChI is InChI=1S/C23H31FN4O2/c1-15-7-8-20(24)19-14-21(26-22(15)19)23(30)25-17-5-3-6-18(13-17)28-10-4-9-27(11-12-28)16(2)29/h7-8,14,17-18,26H,3-6,9-13H2,1-2H3,(H,25,30)/t17-,18+/m1/s1. The third kappa shape index (κ3) is 4.36. The molecule has 2 aliphatic rings. The highest BCUT2D eigenvalue weighted by molar-refractivity contribution is 5.99. The van der Waals surface area contributed by atoms with Gasteiger partial charge in [0.15, 0.2) is 0 Å². The molecule has 6 nitrogen and oxygen atoms in total. The molecule has 0 spiro atoms.